The van der Waals surface area contributed by atoms with Crippen molar-refractivity contribution in [3.8, 4) is 44.5 Å². The lowest BCUT2D eigenvalue weighted by Gasteiger charge is -2.36. The fourth-order valence-corrected chi connectivity index (χ4v) is 11.9. The summed E-state index contributed by atoms with van der Waals surface area (Å²) < 4.78 is 6.31. The third kappa shape index (κ3) is 5.63. The summed E-state index contributed by atoms with van der Waals surface area (Å²) in [5.74, 6) is 0.855. The van der Waals surface area contributed by atoms with Crippen LogP contribution in [0, 0.1) is 0 Å². The van der Waals surface area contributed by atoms with Gasteiger partial charge >= 0.3 is 0 Å². The highest BCUT2D eigenvalue weighted by Gasteiger charge is 2.46. The topological polar surface area (TPSA) is 37.5 Å². The molecule has 1 spiro atoms. The van der Waals surface area contributed by atoms with Gasteiger partial charge in [0.05, 0.1) is 6.04 Å². The number of nitrogens with one attached hydrogen (secondary N) is 1. The zero-order valence-electron chi connectivity index (χ0n) is 36.3. The molecule has 1 aliphatic heterocycles. The third-order valence-corrected chi connectivity index (χ3v) is 15.1. The molecule has 64 heavy (non-hydrogen) atoms. The van der Waals surface area contributed by atoms with Crippen molar-refractivity contribution in [3.63, 3.8) is 0 Å². The maximum Gasteiger partial charge on any atom is 0.136 e. The van der Waals surface area contributed by atoms with E-state index in [1.807, 2.05) is 18.2 Å². The van der Waals surface area contributed by atoms with E-state index in [0.29, 0.717) is 0 Å². The number of hydrogen-bond donors (Lipinski definition) is 1. The average molecular weight is 825 g/mol. The molecule has 3 aliphatic carbocycles. The van der Waals surface area contributed by atoms with E-state index < -0.39 is 0 Å². The predicted molar refractivity (Wildman–Crippen MR) is 265 cm³/mol. The molecule has 13 rings (SSSR count). The highest BCUT2D eigenvalue weighted by atomic mass is 16.3. The number of hydrogen-bond acceptors (Lipinski definition) is 3. The van der Waals surface area contributed by atoms with Crippen molar-refractivity contribution in [3.05, 3.63) is 221 Å². The number of furan rings is 1. The lowest BCUT2D eigenvalue weighted by Crippen LogP contribution is -2.28. The molecule has 1 fully saturated rings. The van der Waals surface area contributed by atoms with Gasteiger partial charge in [0.2, 0.25) is 0 Å². The number of para-hydroxylation sites is 1. The maximum atomic E-state index is 6.31. The van der Waals surface area contributed by atoms with Crippen LogP contribution in [0.5, 0.6) is 0 Å². The summed E-state index contributed by atoms with van der Waals surface area (Å²) in [4.78, 5) is 5.28. The van der Waals surface area contributed by atoms with Crippen LogP contribution < -0.4 is 5.32 Å². The Labute approximate surface area is 374 Å². The summed E-state index contributed by atoms with van der Waals surface area (Å²) in [6.45, 7) is 4.85. The minimum atomic E-state index is -0.171. The van der Waals surface area contributed by atoms with Crippen LogP contribution in [-0.4, -0.2) is 5.84 Å². The molecule has 1 N–H and O–H groups in total. The second-order valence-corrected chi connectivity index (χ2v) is 19.0. The minimum absolute atomic E-state index is 0.105. The SMILES string of the molecule is CC1(C)c2cc3c(cc2-c2c(-c4cccc(-c5ccc(C6C=C(c7ccc8c(c7)oc7ccccc78)NC(c7ccccc7)=N6)cc5)c4)cccc21)C1(CCCCC1)c1ccccc1-3. The maximum absolute atomic E-state index is 6.31. The van der Waals surface area contributed by atoms with E-state index >= 15 is 0 Å². The van der Waals surface area contributed by atoms with Gasteiger partial charge in [0, 0.05) is 38.4 Å². The highest BCUT2D eigenvalue weighted by molar-refractivity contribution is 6.08. The molecule has 0 saturated heterocycles. The standard InChI is InChI=1S/C61H48N2O/c1-60(2)51-23-14-21-44(58(51)49-36-53-48(35-52(49)60)45-19-7-9-22-50(45)61(53)31-11-4-12-32-61)42-18-13-17-41(33-42)38-25-27-39(28-26-38)54-37-55(63-59(62-54)40-15-5-3-6-16-40)43-29-30-47-46-20-8-10-24-56(46)64-57(47)34-43/h3,5-10,13-30,33-37,54H,4,11-12,31-32H2,1-2H3,(H,62,63). The summed E-state index contributed by atoms with van der Waals surface area (Å²) in [7, 11) is 0. The van der Waals surface area contributed by atoms with E-state index in [1.165, 1.54) is 87.7 Å². The zero-order chi connectivity index (χ0) is 42.6. The van der Waals surface area contributed by atoms with E-state index in [0.717, 1.165) is 50.2 Å². The number of benzene rings is 8. The Morgan fingerprint density at radius 3 is 2.05 bits per heavy atom. The van der Waals surface area contributed by atoms with Gasteiger partial charge in [0.15, 0.2) is 0 Å². The lowest BCUT2D eigenvalue weighted by molar-refractivity contribution is 0.353. The van der Waals surface area contributed by atoms with Crippen LogP contribution in [-0.2, 0) is 10.8 Å². The van der Waals surface area contributed by atoms with Crippen molar-refractivity contribution < 1.29 is 4.42 Å². The molecular formula is C61H48N2O. The van der Waals surface area contributed by atoms with Gasteiger partial charge in [-0.25, -0.2) is 0 Å². The Hall–Kier alpha value is -7.23. The Bertz CT molecular complexity index is 3410. The van der Waals surface area contributed by atoms with Crippen molar-refractivity contribution in [1.29, 1.82) is 0 Å². The molecule has 2 heterocycles. The lowest BCUT2D eigenvalue weighted by atomic mass is 9.67. The van der Waals surface area contributed by atoms with Crippen LogP contribution in [0.2, 0.25) is 0 Å². The van der Waals surface area contributed by atoms with E-state index in [2.05, 4.69) is 183 Å². The van der Waals surface area contributed by atoms with Crippen molar-refractivity contribution in [2.75, 3.05) is 0 Å². The molecule has 1 saturated carbocycles. The first-order valence-corrected chi connectivity index (χ1v) is 23.1. The third-order valence-electron chi connectivity index (χ3n) is 15.1. The van der Waals surface area contributed by atoms with E-state index in [4.69, 9.17) is 9.41 Å². The van der Waals surface area contributed by atoms with E-state index in [-0.39, 0.29) is 16.9 Å². The van der Waals surface area contributed by atoms with Gasteiger partial charge in [-0.1, -0.05) is 173 Å². The van der Waals surface area contributed by atoms with Crippen LogP contribution in [0.15, 0.2) is 191 Å². The van der Waals surface area contributed by atoms with Crippen molar-refractivity contribution in [2.45, 2.75) is 62.8 Å². The van der Waals surface area contributed by atoms with Crippen LogP contribution in [0.25, 0.3) is 72.1 Å². The number of rotatable bonds is 5. The first-order chi connectivity index (χ1) is 31.4. The summed E-state index contributed by atoms with van der Waals surface area (Å²) >= 11 is 0. The van der Waals surface area contributed by atoms with Crippen LogP contribution >= 0.6 is 0 Å². The molecule has 0 amide bonds. The van der Waals surface area contributed by atoms with E-state index in [9.17, 15) is 0 Å². The zero-order valence-corrected chi connectivity index (χ0v) is 36.3. The summed E-state index contributed by atoms with van der Waals surface area (Å²) in [5, 5.41) is 5.93. The van der Waals surface area contributed by atoms with Gasteiger partial charge < -0.3 is 9.73 Å². The molecule has 308 valence electrons. The normalized spacial score (nSPS) is 17.6. The molecule has 1 aromatic heterocycles. The Kier molecular flexibility index (Phi) is 8.25. The average Bonchev–Trinajstić information content (AvgIpc) is 3.94. The molecule has 0 bridgehead atoms. The number of fused-ring (bicyclic) bond motifs is 11. The number of aliphatic imine (C=N–C) groups is 1. The summed E-state index contributed by atoms with van der Waals surface area (Å²) in [5.41, 5.74) is 22.8. The molecule has 8 aromatic carbocycles. The van der Waals surface area contributed by atoms with Gasteiger partial charge in [-0.2, -0.15) is 0 Å². The molecular weight excluding hydrogens is 777 g/mol. The van der Waals surface area contributed by atoms with Gasteiger partial charge in [-0.05, 0) is 128 Å². The predicted octanol–water partition coefficient (Wildman–Crippen LogP) is 15.6. The molecule has 4 aliphatic rings. The molecule has 3 nitrogen and oxygen atoms in total. The second-order valence-electron chi connectivity index (χ2n) is 19.0. The number of nitrogens with zero attached hydrogens (tertiary/aromatic N) is 1. The fraction of sp³-hybridized carbons (Fsp3) is 0.164. The Morgan fingerprint density at radius 2 is 1.17 bits per heavy atom. The molecule has 1 unspecified atom stereocenters. The number of amidine groups is 1. The Balaban J connectivity index is 0.862. The second kappa shape index (κ2) is 14.1. The highest BCUT2D eigenvalue weighted by Crippen LogP contribution is 2.60. The summed E-state index contributed by atoms with van der Waals surface area (Å²) in [6, 6.07) is 64.7. The van der Waals surface area contributed by atoms with Crippen LogP contribution in [0.1, 0.15) is 90.9 Å². The molecule has 0 radical (unpaired) electrons. The van der Waals surface area contributed by atoms with Gasteiger partial charge in [-0.3, -0.25) is 4.99 Å². The van der Waals surface area contributed by atoms with Gasteiger partial charge in [0.1, 0.15) is 17.0 Å². The van der Waals surface area contributed by atoms with Crippen LogP contribution in [0.3, 0.4) is 0 Å². The van der Waals surface area contributed by atoms with Gasteiger partial charge in [-0.15, -0.1) is 0 Å². The fourth-order valence-electron chi connectivity index (χ4n) is 11.9. The molecule has 1 atom stereocenters. The Morgan fingerprint density at radius 1 is 0.484 bits per heavy atom. The molecule has 3 heteroatoms. The first-order valence-electron chi connectivity index (χ1n) is 23.1. The molecule has 9 aromatic rings. The van der Waals surface area contributed by atoms with Crippen LogP contribution in [0.4, 0.5) is 0 Å². The van der Waals surface area contributed by atoms with E-state index in [1.54, 1.807) is 11.1 Å². The van der Waals surface area contributed by atoms with Crippen molar-refractivity contribution >= 4 is 33.5 Å². The monoisotopic (exact) mass is 824 g/mol. The smallest absolute Gasteiger partial charge is 0.136 e. The minimum Gasteiger partial charge on any atom is -0.456 e. The first kappa shape index (κ1) is 37.3. The van der Waals surface area contributed by atoms with Gasteiger partial charge in [0.25, 0.3) is 0 Å². The van der Waals surface area contributed by atoms with Crippen molar-refractivity contribution in [1.82, 2.24) is 5.32 Å². The van der Waals surface area contributed by atoms with Crippen molar-refractivity contribution in [2.24, 2.45) is 4.99 Å². The largest absolute Gasteiger partial charge is 0.456 e. The summed E-state index contributed by atoms with van der Waals surface area (Å²) in [6.07, 6.45) is 8.65. The quantitative estimate of drug-likeness (QED) is 0.188.